The number of hydrogen-bond donors (Lipinski definition) is 2. The van der Waals surface area contributed by atoms with Gasteiger partial charge in [-0.3, -0.25) is 9.78 Å². The highest BCUT2D eigenvalue weighted by molar-refractivity contribution is 7.89. The highest BCUT2D eigenvalue weighted by Crippen LogP contribution is 2.27. The molecule has 2 aromatic carbocycles. The number of aromatic nitrogens is 1. The Bertz CT molecular complexity index is 1140. The molecule has 0 aliphatic rings. The van der Waals surface area contributed by atoms with E-state index in [-0.39, 0.29) is 16.2 Å². The van der Waals surface area contributed by atoms with E-state index in [0.29, 0.717) is 5.69 Å². The summed E-state index contributed by atoms with van der Waals surface area (Å²) in [6.07, 6.45) is 1.66. The molecule has 3 aromatic rings. The van der Waals surface area contributed by atoms with Crippen molar-refractivity contribution in [3.8, 4) is 5.75 Å². The highest BCUT2D eigenvalue weighted by Gasteiger charge is 2.27. The van der Waals surface area contributed by atoms with Crippen LogP contribution in [0.4, 0.5) is 0 Å². The van der Waals surface area contributed by atoms with Gasteiger partial charge in [0.1, 0.15) is 10.6 Å². The number of ether oxygens (including phenoxy) is 1. The van der Waals surface area contributed by atoms with E-state index in [1.807, 2.05) is 42.5 Å². The van der Waals surface area contributed by atoms with E-state index in [1.165, 1.54) is 25.3 Å². The van der Waals surface area contributed by atoms with E-state index in [4.69, 9.17) is 4.74 Å². The number of methoxy groups -OCH3 is 1. The normalized spacial score (nSPS) is 12.8. The summed E-state index contributed by atoms with van der Waals surface area (Å²) < 4.78 is 33.7. The minimum atomic E-state index is -3.92. The summed E-state index contributed by atoms with van der Waals surface area (Å²) in [6, 6.07) is 18.8. The van der Waals surface area contributed by atoms with Gasteiger partial charge in [0.25, 0.3) is 5.91 Å². The largest absolute Gasteiger partial charge is 0.495 e. The molecule has 1 aromatic heterocycles. The SMILES string of the molecule is COc1ccc(C(=O)N[C@@H](c2ccccc2)c2ccccn2)cc1S(=O)(=O)NC(C)(C)C. The molecular formula is C24H27N3O4S. The van der Waals surface area contributed by atoms with E-state index < -0.39 is 27.5 Å². The number of amides is 1. The van der Waals surface area contributed by atoms with Crippen LogP contribution in [-0.4, -0.2) is 32.0 Å². The van der Waals surface area contributed by atoms with E-state index >= 15 is 0 Å². The van der Waals surface area contributed by atoms with Crippen LogP contribution in [0.25, 0.3) is 0 Å². The van der Waals surface area contributed by atoms with Gasteiger partial charge in [-0.25, -0.2) is 13.1 Å². The lowest BCUT2D eigenvalue weighted by atomic mass is 10.0. The van der Waals surface area contributed by atoms with Crippen LogP contribution in [0.3, 0.4) is 0 Å². The van der Waals surface area contributed by atoms with Crippen LogP contribution in [0.5, 0.6) is 5.75 Å². The van der Waals surface area contributed by atoms with Crippen molar-refractivity contribution in [2.75, 3.05) is 7.11 Å². The second-order valence-electron chi connectivity index (χ2n) is 8.29. The van der Waals surface area contributed by atoms with Gasteiger partial charge in [0.15, 0.2) is 0 Å². The van der Waals surface area contributed by atoms with Crippen LogP contribution in [0.2, 0.25) is 0 Å². The lowest BCUT2D eigenvalue weighted by Gasteiger charge is -2.22. The van der Waals surface area contributed by atoms with Crippen molar-refractivity contribution in [2.24, 2.45) is 0 Å². The van der Waals surface area contributed by atoms with Gasteiger partial charge in [-0.2, -0.15) is 0 Å². The molecule has 1 heterocycles. The summed E-state index contributed by atoms with van der Waals surface area (Å²) in [4.78, 5) is 17.5. The molecular weight excluding hydrogens is 426 g/mol. The predicted octanol–water partition coefficient (Wildman–Crippen LogP) is 3.69. The van der Waals surface area contributed by atoms with E-state index in [0.717, 1.165) is 5.56 Å². The van der Waals surface area contributed by atoms with Crippen molar-refractivity contribution in [1.29, 1.82) is 0 Å². The Labute approximate surface area is 188 Å². The summed E-state index contributed by atoms with van der Waals surface area (Å²) in [6.45, 7) is 5.22. The maximum absolute atomic E-state index is 13.2. The van der Waals surface area contributed by atoms with Crippen molar-refractivity contribution in [2.45, 2.75) is 37.2 Å². The first-order valence-electron chi connectivity index (χ1n) is 10.1. The number of nitrogens with one attached hydrogen (secondary N) is 2. The Balaban J connectivity index is 1.98. The Kier molecular flexibility index (Phi) is 6.96. The number of carbonyl (C=O) groups excluding carboxylic acids is 1. The fraction of sp³-hybridized carbons (Fsp3) is 0.250. The number of carbonyl (C=O) groups is 1. The Morgan fingerprint density at radius 1 is 1.00 bits per heavy atom. The number of pyridine rings is 1. The first-order valence-corrected chi connectivity index (χ1v) is 11.6. The molecule has 0 spiro atoms. The minimum absolute atomic E-state index is 0.100. The van der Waals surface area contributed by atoms with Crippen molar-refractivity contribution in [3.05, 3.63) is 89.7 Å². The van der Waals surface area contributed by atoms with Crippen molar-refractivity contribution >= 4 is 15.9 Å². The molecule has 168 valence electrons. The van der Waals surface area contributed by atoms with E-state index in [2.05, 4.69) is 15.0 Å². The molecule has 32 heavy (non-hydrogen) atoms. The molecule has 7 nitrogen and oxygen atoms in total. The summed E-state index contributed by atoms with van der Waals surface area (Å²) in [5.74, 6) is -0.276. The molecule has 0 radical (unpaired) electrons. The van der Waals surface area contributed by atoms with Gasteiger partial charge in [-0.1, -0.05) is 36.4 Å². The molecule has 0 aliphatic carbocycles. The number of nitrogens with zero attached hydrogens (tertiary/aromatic N) is 1. The van der Waals surface area contributed by atoms with E-state index in [9.17, 15) is 13.2 Å². The monoisotopic (exact) mass is 453 g/mol. The molecule has 0 aliphatic heterocycles. The van der Waals surface area contributed by atoms with Gasteiger partial charge < -0.3 is 10.1 Å². The summed E-state index contributed by atoms with van der Waals surface area (Å²) >= 11 is 0. The molecule has 0 bridgehead atoms. The molecule has 0 unspecified atom stereocenters. The third-order valence-corrected chi connectivity index (χ3v) is 6.33. The van der Waals surface area contributed by atoms with Crippen LogP contribution in [0, 0.1) is 0 Å². The van der Waals surface area contributed by atoms with Crippen LogP contribution < -0.4 is 14.8 Å². The second kappa shape index (κ2) is 9.50. The third-order valence-electron chi connectivity index (χ3n) is 4.55. The maximum Gasteiger partial charge on any atom is 0.252 e. The van der Waals surface area contributed by atoms with E-state index in [1.54, 1.807) is 33.0 Å². The van der Waals surface area contributed by atoms with Crippen LogP contribution in [0.1, 0.15) is 48.4 Å². The summed E-state index contributed by atoms with van der Waals surface area (Å²) in [7, 11) is -2.53. The predicted molar refractivity (Wildman–Crippen MR) is 123 cm³/mol. The smallest absolute Gasteiger partial charge is 0.252 e. The number of hydrogen-bond acceptors (Lipinski definition) is 5. The fourth-order valence-electron chi connectivity index (χ4n) is 3.22. The number of rotatable bonds is 7. The van der Waals surface area contributed by atoms with Crippen LogP contribution in [0.15, 0.2) is 77.8 Å². The standard InChI is InChI=1S/C24H27N3O4S/c1-24(2,3)27-32(29,30)21-16-18(13-14-20(21)31-4)23(28)26-22(17-10-6-5-7-11-17)19-12-8-9-15-25-19/h5-16,22,27H,1-4H3,(H,26,28)/t22-/m0/s1. The van der Waals surface area contributed by atoms with Crippen molar-refractivity contribution in [3.63, 3.8) is 0 Å². The highest BCUT2D eigenvalue weighted by atomic mass is 32.2. The third kappa shape index (κ3) is 5.72. The molecule has 2 N–H and O–H groups in total. The van der Waals surface area contributed by atoms with Gasteiger partial charge in [0.05, 0.1) is 18.8 Å². The van der Waals surface area contributed by atoms with Crippen LogP contribution in [-0.2, 0) is 10.0 Å². The lowest BCUT2D eigenvalue weighted by Crippen LogP contribution is -2.40. The zero-order valence-corrected chi connectivity index (χ0v) is 19.3. The minimum Gasteiger partial charge on any atom is -0.495 e. The molecule has 0 saturated heterocycles. The van der Waals surface area contributed by atoms with Gasteiger partial charge in [-0.05, 0) is 56.7 Å². The van der Waals surface area contributed by atoms with Gasteiger partial charge >= 0.3 is 0 Å². The fourth-order valence-corrected chi connectivity index (χ4v) is 4.84. The molecule has 1 atom stereocenters. The first-order chi connectivity index (χ1) is 15.1. The quantitative estimate of drug-likeness (QED) is 0.569. The Morgan fingerprint density at radius 2 is 1.69 bits per heavy atom. The Hall–Kier alpha value is -3.23. The summed E-state index contributed by atoms with van der Waals surface area (Å²) in [5.41, 5.74) is 1.02. The maximum atomic E-state index is 13.2. The topological polar surface area (TPSA) is 97.4 Å². The van der Waals surface area contributed by atoms with Gasteiger partial charge in [0.2, 0.25) is 10.0 Å². The number of sulfonamides is 1. The summed E-state index contributed by atoms with van der Waals surface area (Å²) in [5, 5.41) is 2.97. The average Bonchev–Trinajstić information content (AvgIpc) is 2.76. The zero-order valence-electron chi connectivity index (χ0n) is 18.5. The molecule has 0 saturated carbocycles. The van der Waals surface area contributed by atoms with Gasteiger partial charge in [0, 0.05) is 17.3 Å². The average molecular weight is 454 g/mol. The van der Waals surface area contributed by atoms with Crippen molar-refractivity contribution < 1.29 is 17.9 Å². The molecule has 0 fully saturated rings. The molecule has 1 amide bonds. The lowest BCUT2D eigenvalue weighted by molar-refractivity contribution is 0.0942. The second-order valence-corrected chi connectivity index (χ2v) is 9.94. The van der Waals surface area contributed by atoms with Crippen molar-refractivity contribution in [1.82, 2.24) is 15.0 Å². The molecule has 8 heteroatoms. The van der Waals surface area contributed by atoms with Gasteiger partial charge in [-0.15, -0.1) is 0 Å². The van der Waals surface area contributed by atoms with Crippen LogP contribution >= 0.6 is 0 Å². The first kappa shape index (κ1) is 23.4. The number of benzene rings is 2. The molecule has 3 rings (SSSR count). The Morgan fingerprint density at radius 3 is 2.28 bits per heavy atom. The zero-order chi connectivity index (χ0) is 23.4.